The van der Waals surface area contributed by atoms with Crippen LogP contribution in [0.15, 0.2) is 178 Å². The number of halogens is 13. The maximum absolute atomic E-state index is 15.0. The molecule has 24 rings (SSSR count). The maximum Gasteiger partial charge on any atom is 0.248 e. The van der Waals surface area contributed by atoms with Gasteiger partial charge >= 0.3 is 0 Å². The molecule has 0 radical (unpaired) electrons. The Morgan fingerprint density at radius 2 is 0.525 bits per heavy atom. The van der Waals surface area contributed by atoms with Gasteiger partial charge in [0.15, 0.2) is 0 Å². The Morgan fingerprint density at radius 1 is 0.288 bits per heavy atom. The van der Waals surface area contributed by atoms with Gasteiger partial charge in [0.2, 0.25) is 11.8 Å². The maximum atomic E-state index is 15.0. The van der Waals surface area contributed by atoms with E-state index in [1.807, 2.05) is 63.8 Å². The second-order valence-electron chi connectivity index (χ2n) is 41.0. The lowest BCUT2D eigenvalue weighted by molar-refractivity contribution is -0.0782. The van der Waals surface area contributed by atoms with Gasteiger partial charge in [0.25, 0.3) is 0 Å². The topological polar surface area (TPSA) is 210 Å². The Bertz CT molecular complexity index is 5780. The molecular weight excluding hydrogens is 1810 g/mol. The molecule has 6 aliphatic heterocycles. The summed E-state index contributed by atoms with van der Waals surface area (Å²) in [5.74, 6) is -3.42. The van der Waals surface area contributed by atoms with Crippen LogP contribution in [0, 0.1) is 29.1 Å². The van der Waals surface area contributed by atoms with Gasteiger partial charge in [0.1, 0.15) is 63.1 Å². The molecule has 12 aliphatic rings. The van der Waals surface area contributed by atoms with E-state index in [9.17, 15) is 77.5 Å². The van der Waals surface area contributed by atoms with E-state index in [0.29, 0.717) is 220 Å². The van der Waals surface area contributed by atoms with E-state index >= 15 is 0 Å². The van der Waals surface area contributed by atoms with Crippen LogP contribution in [0.4, 0.5) is 57.1 Å². The molecule has 12 aromatic rings. The first-order chi connectivity index (χ1) is 66.9. The number of rotatable bonds is 19. The van der Waals surface area contributed by atoms with Crippen LogP contribution in [0.5, 0.6) is 5.88 Å². The number of aromatic nitrogens is 13. The van der Waals surface area contributed by atoms with Crippen molar-refractivity contribution in [3.8, 4) is 73.4 Å². The number of alkyl halides is 8. The van der Waals surface area contributed by atoms with E-state index in [0.717, 1.165) is 92.5 Å². The Kier molecular flexibility index (Phi) is 27.9. The minimum atomic E-state index is -2.72. The molecule has 738 valence electrons. The summed E-state index contributed by atoms with van der Waals surface area (Å²) in [7, 11) is 1.55. The number of pyridine rings is 1. The smallest absolute Gasteiger partial charge is 0.248 e. The van der Waals surface area contributed by atoms with Crippen molar-refractivity contribution in [2.24, 2.45) is 0 Å². The molecule has 7 aromatic heterocycles. The Balaban J connectivity index is 0.000000106. The number of ether oxygens (including phenoxy) is 1. The monoisotopic (exact) mass is 1930 g/mol. The minimum absolute atomic E-state index is 0.0118. The van der Waals surface area contributed by atoms with E-state index in [1.165, 1.54) is 30.3 Å². The van der Waals surface area contributed by atoms with Crippen molar-refractivity contribution in [1.29, 1.82) is 0 Å². The third kappa shape index (κ3) is 20.2. The summed E-state index contributed by atoms with van der Waals surface area (Å²) in [6.45, 7) is 0. The van der Waals surface area contributed by atoms with Crippen LogP contribution >= 0.6 is 0 Å². The van der Waals surface area contributed by atoms with E-state index in [-0.39, 0.29) is 122 Å². The molecule has 5 aromatic carbocycles. The zero-order chi connectivity index (χ0) is 96.9. The van der Waals surface area contributed by atoms with Crippen molar-refractivity contribution in [2.75, 3.05) is 7.11 Å². The molecule has 6 aliphatic carbocycles. The van der Waals surface area contributed by atoms with Crippen molar-refractivity contribution < 1.29 is 82.2 Å². The van der Waals surface area contributed by atoms with Crippen LogP contribution in [-0.4, -0.2) is 154 Å². The molecule has 0 amide bonds. The second kappa shape index (κ2) is 40.0. The summed E-state index contributed by atoms with van der Waals surface area (Å²) in [6.07, 6.45) is 36.3. The van der Waals surface area contributed by atoms with Crippen LogP contribution in [0.1, 0.15) is 307 Å². The number of hydrogen-bond donors (Lipinski definition) is 4. The fourth-order valence-corrected chi connectivity index (χ4v) is 24.2. The largest absolute Gasteiger partial charge is 0.481 e. The first-order valence-corrected chi connectivity index (χ1v) is 49.7. The Hall–Kier alpha value is -10.8. The molecule has 6 fully saturated rings. The summed E-state index contributed by atoms with van der Waals surface area (Å²) in [5.41, 5.74) is 6.92. The van der Waals surface area contributed by atoms with E-state index in [4.69, 9.17) is 4.74 Å². The van der Waals surface area contributed by atoms with Crippen molar-refractivity contribution in [2.45, 2.75) is 338 Å². The normalized spacial score (nSPS) is 27.1. The highest BCUT2D eigenvalue weighted by Gasteiger charge is 2.48. The molecule has 6 atom stereocenters. The highest BCUT2D eigenvalue weighted by atomic mass is 19.3. The van der Waals surface area contributed by atoms with Gasteiger partial charge in [-0.1, -0.05) is 79.9 Å². The summed E-state index contributed by atoms with van der Waals surface area (Å²) in [6, 6.07) is 28.9. The van der Waals surface area contributed by atoms with Crippen molar-refractivity contribution >= 4 is 0 Å². The van der Waals surface area contributed by atoms with Crippen molar-refractivity contribution in [3.63, 3.8) is 0 Å². The molecule has 0 saturated heterocycles. The zero-order valence-corrected chi connectivity index (χ0v) is 78.1. The summed E-state index contributed by atoms with van der Waals surface area (Å²) >= 11 is 0. The zero-order valence-electron chi connectivity index (χ0n) is 78.1. The highest BCUT2D eigenvalue weighted by Crippen LogP contribution is 2.55. The molecule has 13 heterocycles. The van der Waals surface area contributed by atoms with Gasteiger partial charge in [-0.3, -0.25) is 0 Å². The number of hydrogen-bond acceptors (Lipinski definition) is 12. The fourth-order valence-electron chi connectivity index (χ4n) is 24.2. The van der Waals surface area contributed by atoms with E-state index in [2.05, 4.69) is 34.9 Å². The molecule has 0 spiro atoms. The number of nitrogens with zero attached hydrogens (tertiary/aromatic N) is 13. The van der Waals surface area contributed by atoms with Gasteiger partial charge in [-0.15, -0.1) is 0 Å². The summed E-state index contributed by atoms with van der Waals surface area (Å²) in [5, 5.41) is 38.3. The quantitative estimate of drug-likeness (QED) is 0.0557. The molecular formula is C108H120F13N13O5. The number of fused-ring (bicyclic) bond motifs is 18. The highest BCUT2D eigenvalue weighted by molar-refractivity contribution is 5.74. The third-order valence-corrected chi connectivity index (χ3v) is 32.2. The van der Waals surface area contributed by atoms with E-state index < -0.39 is 39.9 Å². The third-order valence-electron chi connectivity index (χ3n) is 32.2. The van der Waals surface area contributed by atoms with Gasteiger partial charge in [0.05, 0.1) is 183 Å². The summed E-state index contributed by atoms with van der Waals surface area (Å²) in [4.78, 5) is 29.4. The molecule has 18 nitrogen and oxygen atoms in total. The van der Waals surface area contributed by atoms with Gasteiger partial charge in [-0.05, 0) is 270 Å². The van der Waals surface area contributed by atoms with Crippen molar-refractivity contribution in [1.82, 2.24) is 62.3 Å². The lowest BCUT2D eigenvalue weighted by atomic mass is 9.80. The van der Waals surface area contributed by atoms with Crippen LogP contribution < -0.4 is 4.74 Å². The number of benzene rings is 5. The first-order valence-electron chi connectivity index (χ1n) is 49.7. The van der Waals surface area contributed by atoms with Gasteiger partial charge in [-0.2, -0.15) is 0 Å². The molecule has 6 unspecified atom stereocenters. The molecule has 139 heavy (non-hydrogen) atoms. The molecule has 4 N–H and O–H groups in total. The average Bonchev–Trinajstić information content (AvgIpc) is 1.62. The van der Waals surface area contributed by atoms with Crippen LogP contribution in [0.2, 0.25) is 0 Å². The number of aliphatic hydroxyl groups excluding tert-OH is 4. The standard InChI is InChI=1S/C18H20F3N3O.4C18H20F2N2O.C18H20F2N2/c1-25-15-3-2-12-14-10-22-11-24(14)13(16(12)23-15)4-5-17(19)6-8-18(20,21)9-7-17;4*19-14-3-1-2-13-15(22-11-21-10-16(22)17(13)14)6-9-18(20)7-4-12(23)5-8-18;19-14-6-4-5-13-15(22-12-21-11-16(22)17(13)14)7-10-18(20)8-2-1-3-9-18/h2-3,10-11,13H,4-9H2,1H3;4*1-3,10-12,15,23H,4-9H2;4-6,11-12,15H,1-3,7-10H2. The predicted octanol–water partition coefficient (Wildman–Crippen LogP) is 25.7. The van der Waals surface area contributed by atoms with Crippen LogP contribution in [-0.2, 0) is 0 Å². The lowest BCUT2D eigenvalue weighted by Crippen LogP contribution is -2.35. The fraction of sp³-hybridized carbons (Fsp3) is 0.509. The van der Waals surface area contributed by atoms with Crippen LogP contribution in [0.25, 0.3) is 67.5 Å². The molecule has 31 heteroatoms. The molecule has 0 bridgehead atoms. The Morgan fingerprint density at radius 3 is 0.791 bits per heavy atom. The lowest BCUT2D eigenvalue weighted by Gasteiger charge is -2.34. The number of methoxy groups -OCH3 is 1. The number of imidazole rings is 6. The van der Waals surface area contributed by atoms with Gasteiger partial charge in [-0.25, -0.2) is 92.0 Å². The minimum Gasteiger partial charge on any atom is -0.481 e. The van der Waals surface area contributed by atoms with Gasteiger partial charge in [0, 0.05) is 52.3 Å². The predicted molar refractivity (Wildman–Crippen MR) is 502 cm³/mol. The molecule has 6 saturated carbocycles. The Labute approximate surface area is 800 Å². The SMILES string of the molecule is COc1ccc2c(n1)C(CCC1(F)CCC(F)(F)CC1)n1cncc1-2.Fc1cccc2c1-c1cncn1C2CCC1(F)CCCCC1.OC1CCC(F)(CCC2c3cccc(F)c3-c3cncn32)CC1.OC1CCC(F)(CCC2c3cccc(F)c3-c3cncn32)CC1.OC1CCC(F)(CCC2c3cccc(F)c3-c3cncn32)CC1.OC1CCC(F)(CCC2c3cccc(F)c3-c3cncn32)CC1. The van der Waals surface area contributed by atoms with Crippen molar-refractivity contribution in [3.05, 3.63) is 241 Å². The number of aliphatic hydroxyl groups is 4. The van der Waals surface area contributed by atoms with Gasteiger partial charge < -0.3 is 52.6 Å². The second-order valence-corrected chi connectivity index (χ2v) is 41.0. The van der Waals surface area contributed by atoms with Crippen LogP contribution in [0.3, 0.4) is 0 Å². The average molecular weight is 1930 g/mol. The first kappa shape index (κ1) is 97.1. The van der Waals surface area contributed by atoms with E-state index in [1.54, 1.807) is 119 Å². The summed E-state index contributed by atoms with van der Waals surface area (Å²) < 4.78 is 204.